The van der Waals surface area contributed by atoms with Crippen molar-refractivity contribution in [1.82, 2.24) is 5.43 Å². The first kappa shape index (κ1) is 16.3. The monoisotopic (exact) mass is 330 g/mol. The third-order valence-corrected chi connectivity index (χ3v) is 4.04. The normalized spacial score (nSPS) is 16.0. The molecular weight excluding hydrogens is 311 g/mol. The van der Waals surface area contributed by atoms with Gasteiger partial charge in [0.2, 0.25) is 5.91 Å². The van der Waals surface area contributed by atoms with Crippen molar-refractivity contribution in [3.05, 3.63) is 59.4 Å². The first-order chi connectivity index (χ1) is 11.7. The van der Waals surface area contributed by atoms with Crippen molar-refractivity contribution >= 4 is 5.91 Å². The lowest BCUT2D eigenvalue weighted by Gasteiger charge is -2.25. The lowest BCUT2D eigenvalue weighted by molar-refractivity contribution is -0.121. The van der Waals surface area contributed by atoms with Gasteiger partial charge in [-0.15, -0.1) is 0 Å². The summed E-state index contributed by atoms with van der Waals surface area (Å²) in [6, 6.07) is 11.8. The fraction of sp³-hybridized carbons (Fsp3) is 0.278. The molecule has 1 unspecified atom stereocenters. The number of carbonyl (C=O) groups excluding carboxylic acids is 1. The molecule has 0 saturated heterocycles. The van der Waals surface area contributed by atoms with Crippen molar-refractivity contribution in [3.8, 4) is 11.5 Å². The molecule has 2 aromatic carbocycles. The third-order valence-electron chi connectivity index (χ3n) is 4.04. The van der Waals surface area contributed by atoms with E-state index in [0.29, 0.717) is 24.5 Å². The molecule has 1 heterocycles. The molecule has 24 heavy (non-hydrogen) atoms. The molecule has 6 heteroatoms. The average Bonchev–Trinajstić information content (AvgIpc) is 2.60. The Morgan fingerprint density at radius 2 is 2.21 bits per heavy atom. The molecule has 1 atom stereocenters. The highest BCUT2D eigenvalue weighted by molar-refractivity contribution is 5.76. The average molecular weight is 330 g/mol. The molecule has 1 amide bonds. The van der Waals surface area contributed by atoms with Gasteiger partial charge in [0.1, 0.15) is 23.9 Å². The smallest absolute Gasteiger partial charge is 0.234 e. The molecule has 1 aliphatic heterocycles. The van der Waals surface area contributed by atoms with Crippen molar-refractivity contribution in [3.63, 3.8) is 0 Å². The van der Waals surface area contributed by atoms with Crippen LogP contribution < -0.4 is 20.7 Å². The number of ether oxygens (including phenoxy) is 2. The summed E-state index contributed by atoms with van der Waals surface area (Å²) in [6.45, 7) is 0.818. The zero-order valence-electron chi connectivity index (χ0n) is 13.1. The molecule has 3 rings (SSSR count). The van der Waals surface area contributed by atoms with Crippen LogP contribution in [0, 0.1) is 5.82 Å². The van der Waals surface area contributed by atoms with Crippen LogP contribution in [0.2, 0.25) is 0 Å². The number of halogens is 1. The molecule has 0 fully saturated rings. The number of nitrogens with one attached hydrogen (secondary N) is 1. The summed E-state index contributed by atoms with van der Waals surface area (Å²) in [5.41, 5.74) is 3.89. The highest BCUT2D eigenvalue weighted by atomic mass is 19.1. The van der Waals surface area contributed by atoms with Gasteiger partial charge >= 0.3 is 0 Å². The Hall–Kier alpha value is -2.60. The van der Waals surface area contributed by atoms with Gasteiger partial charge < -0.3 is 9.47 Å². The van der Waals surface area contributed by atoms with Crippen molar-refractivity contribution in [2.45, 2.75) is 25.4 Å². The number of nitrogens with two attached hydrogens (primary N) is 1. The SMILES string of the molecule is NNC(=O)CC1CCOc2cc(OCc3cccc(F)c3)ccc21. The van der Waals surface area contributed by atoms with Gasteiger partial charge in [0.15, 0.2) is 0 Å². The topological polar surface area (TPSA) is 73.6 Å². The highest BCUT2D eigenvalue weighted by Gasteiger charge is 2.24. The van der Waals surface area contributed by atoms with Gasteiger partial charge in [-0.25, -0.2) is 10.2 Å². The minimum absolute atomic E-state index is 0.0783. The van der Waals surface area contributed by atoms with Gasteiger partial charge in [0, 0.05) is 12.5 Å². The van der Waals surface area contributed by atoms with E-state index in [1.54, 1.807) is 18.2 Å². The van der Waals surface area contributed by atoms with Gasteiger partial charge in [-0.3, -0.25) is 10.2 Å². The molecule has 126 valence electrons. The Bertz CT molecular complexity index is 736. The van der Waals surface area contributed by atoms with Crippen LogP contribution in [-0.2, 0) is 11.4 Å². The van der Waals surface area contributed by atoms with Gasteiger partial charge in [0.25, 0.3) is 0 Å². The standard InChI is InChI=1S/C18H19FN2O3/c19-14-3-1-2-12(8-14)11-24-15-4-5-16-13(9-18(22)21-20)6-7-23-17(16)10-15/h1-5,8,10,13H,6-7,9,11,20H2,(H,21,22). The van der Waals surface area contributed by atoms with Crippen LogP contribution in [0.4, 0.5) is 4.39 Å². The number of hydrogen-bond donors (Lipinski definition) is 2. The van der Waals surface area contributed by atoms with Crippen molar-refractivity contribution in [2.24, 2.45) is 5.84 Å². The summed E-state index contributed by atoms with van der Waals surface area (Å²) in [6.07, 6.45) is 1.10. The van der Waals surface area contributed by atoms with Crippen LogP contribution in [0.5, 0.6) is 11.5 Å². The summed E-state index contributed by atoms with van der Waals surface area (Å²) in [5, 5.41) is 0. The van der Waals surface area contributed by atoms with Crippen LogP contribution in [0.25, 0.3) is 0 Å². The third kappa shape index (κ3) is 3.83. The lowest BCUT2D eigenvalue weighted by atomic mass is 9.90. The molecule has 5 nitrogen and oxygen atoms in total. The van der Waals surface area contributed by atoms with Crippen LogP contribution in [0.3, 0.4) is 0 Å². The van der Waals surface area contributed by atoms with Crippen LogP contribution >= 0.6 is 0 Å². The van der Waals surface area contributed by atoms with E-state index in [1.165, 1.54) is 12.1 Å². The summed E-state index contributed by atoms with van der Waals surface area (Å²) in [7, 11) is 0. The molecule has 0 saturated carbocycles. The Morgan fingerprint density at radius 1 is 1.33 bits per heavy atom. The highest BCUT2D eigenvalue weighted by Crippen LogP contribution is 2.38. The van der Waals surface area contributed by atoms with Gasteiger partial charge in [-0.2, -0.15) is 0 Å². The molecule has 0 spiro atoms. The number of benzene rings is 2. The van der Waals surface area contributed by atoms with E-state index < -0.39 is 0 Å². The van der Waals surface area contributed by atoms with Crippen LogP contribution in [-0.4, -0.2) is 12.5 Å². The molecule has 0 aliphatic carbocycles. The predicted octanol–water partition coefficient (Wildman–Crippen LogP) is 2.65. The molecule has 0 aromatic heterocycles. The molecule has 0 radical (unpaired) electrons. The Labute approximate surface area is 139 Å². The maximum Gasteiger partial charge on any atom is 0.234 e. The van der Waals surface area contributed by atoms with Gasteiger partial charge in [-0.05, 0) is 41.7 Å². The van der Waals surface area contributed by atoms with Crippen LogP contribution in [0.1, 0.15) is 29.9 Å². The fourth-order valence-electron chi connectivity index (χ4n) is 2.82. The Kier molecular flexibility index (Phi) is 4.96. The number of fused-ring (bicyclic) bond motifs is 1. The molecule has 2 aromatic rings. The zero-order valence-corrected chi connectivity index (χ0v) is 13.1. The molecule has 1 aliphatic rings. The second kappa shape index (κ2) is 7.31. The van der Waals surface area contributed by atoms with E-state index in [-0.39, 0.29) is 24.2 Å². The Morgan fingerprint density at radius 3 is 3.00 bits per heavy atom. The van der Waals surface area contributed by atoms with Gasteiger partial charge in [-0.1, -0.05) is 18.2 Å². The van der Waals surface area contributed by atoms with E-state index in [2.05, 4.69) is 5.43 Å². The maximum atomic E-state index is 13.2. The number of hydrogen-bond acceptors (Lipinski definition) is 4. The van der Waals surface area contributed by atoms with Gasteiger partial charge in [0.05, 0.1) is 6.61 Å². The number of rotatable bonds is 5. The number of carbonyl (C=O) groups is 1. The van der Waals surface area contributed by atoms with Crippen molar-refractivity contribution < 1.29 is 18.7 Å². The predicted molar refractivity (Wildman–Crippen MR) is 87.0 cm³/mol. The van der Waals surface area contributed by atoms with Crippen LogP contribution in [0.15, 0.2) is 42.5 Å². The van der Waals surface area contributed by atoms with E-state index in [9.17, 15) is 9.18 Å². The summed E-state index contributed by atoms with van der Waals surface area (Å²) < 4.78 is 24.6. The van der Waals surface area contributed by atoms with Crippen molar-refractivity contribution in [1.29, 1.82) is 0 Å². The maximum absolute atomic E-state index is 13.2. The lowest BCUT2D eigenvalue weighted by Crippen LogP contribution is -2.32. The number of amides is 1. The zero-order chi connectivity index (χ0) is 16.9. The second-order valence-electron chi connectivity index (χ2n) is 5.72. The minimum Gasteiger partial charge on any atom is -0.493 e. The first-order valence-electron chi connectivity index (χ1n) is 7.79. The van der Waals surface area contributed by atoms with Crippen molar-refractivity contribution in [2.75, 3.05) is 6.61 Å². The van der Waals surface area contributed by atoms with E-state index in [0.717, 1.165) is 17.5 Å². The largest absolute Gasteiger partial charge is 0.493 e. The molecule has 3 N–H and O–H groups in total. The summed E-state index contributed by atoms with van der Waals surface area (Å²) >= 11 is 0. The fourth-order valence-corrected chi connectivity index (χ4v) is 2.82. The first-order valence-corrected chi connectivity index (χ1v) is 7.79. The van der Waals surface area contributed by atoms with E-state index in [4.69, 9.17) is 15.3 Å². The summed E-state index contributed by atoms with van der Waals surface area (Å²) in [4.78, 5) is 11.5. The molecular formula is C18H19FN2O3. The van der Waals surface area contributed by atoms with E-state index >= 15 is 0 Å². The number of hydrazine groups is 1. The van der Waals surface area contributed by atoms with E-state index in [1.807, 2.05) is 12.1 Å². The Balaban J connectivity index is 1.70. The second-order valence-corrected chi connectivity index (χ2v) is 5.72. The minimum atomic E-state index is -0.286. The quantitative estimate of drug-likeness (QED) is 0.502. The molecule has 0 bridgehead atoms. The summed E-state index contributed by atoms with van der Waals surface area (Å²) in [5.74, 6) is 6.11.